The number of halogens is 2. The molecule has 1 atom stereocenters. The second kappa shape index (κ2) is 8.64. The molecule has 0 saturated heterocycles. The minimum Gasteiger partial charge on any atom is -0.310 e. The highest BCUT2D eigenvalue weighted by atomic mass is 32.1. The van der Waals surface area contributed by atoms with Crippen LogP contribution in [-0.2, 0) is 19.4 Å². The molecule has 35 heavy (non-hydrogen) atoms. The lowest BCUT2D eigenvalue weighted by Gasteiger charge is -2.31. The van der Waals surface area contributed by atoms with Crippen LogP contribution in [0, 0.1) is 18.6 Å². The topological polar surface area (TPSA) is 37.3 Å². The molecule has 0 saturated carbocycles. The van der Waals surface area contributed by atoms with Gasteiger partial charge in [0.15, 0.2) is 0 Å². The fourth-order valence-electron chi connectivity index (χ4n) is 5.27. The van der Waals surface area contributed by atoms with Crippen LogP contribution in [0.5, 0.6) is 0 Å². The Kier molecular flexibility index (Phi) is 5.44. The minimum atomic E-state index is -0.668. The van der Waals surface area contributed by atoms with Crippen molar-refractivity contribution in [3.05, 3.63) is 105 Å². The quantitative estimate of drug-likeness (QED) is 0.319. The van der Waals surface area contributed by atoms with Gasteiger partial charge in [0.2, 0.25) is 0 Å². The summed E-state index contributed by atoms with van der Waals surface area (Å²) in [7, 11) is 0. The molecule has 0 spiro atoms. The molecule has 1 aliphatic carbocycles. The lowest BCUT2D eigenvalue weighted by atomic mass is 9.95. The fraction of sp³-hybridized carbons (Fsp3) is 0.250. The van der Waals surface area contributed by atoms with E-state index in [0.717, 1.165) is 64.8 Å². The Morgan fingerprint density at radius 3 is 2.66 bits per heavy atom. The third-order valence-electron chi connectivity index (χ3n) is 7.00. The summed E-state index contributed by atoms with van der Waals surface area (Å²) in [5, 5.41) is 3.81. The second-order valence-electron chi connectivity index (χ2n) is 9.29. The van der Waals surface area contributed by atoms with Crippen LogP contribution in [-0.4, -0.2) is 15.5 Å². The maximum atomic E-state index is 14.4. The van der Waals surface area contributed by atoms with E-state index in [-0.39, 0.29) is 11.7 Å². The molecule has 0 radical (unpaired) electrons. The number of hydrogen-bond donors (Lipinski definition) is 1. The number of amides is 2. The highest BCUT2D eigenvalue weighted by Gasteiger charge is 2.36. The molecule has 0 bridgehead atoms. The van der Waals surface area contributed by atoms with E-state index in [1.165, 1.54) is 16.9 Å². The van der Waals surface area contributed by atoms with Gasteiger partial charge in [-0.1, -0.05) is 29.8 Å². The van der Waals surface area contributed by atoms with Gasteiger partial charge in [-0.2, -0.15) is 0 Å². The van der Waals surface area contributed by atoms with E-state index >= 15 is 0 Å². The maximum Gasteiger partial charge on any atom is 0.323 e. The number of thiophene rings is 1. The molecular formula is C28H25F2N3OS. The fourth-order valence-corrected chi connectivity index (χ4v) is 6.67. The first-order valence-corrected chi connectivity index (χ1v) is 12.7. The number of nitrogens with zero attached hydrogens (tertiary/aromatic N) is 2. The van der Waals surface area contributed by atoms with E-state index in [4.69, 9.17) is 0 Å². The summed E-state index contributed by atoms with van der Waals surface area (Å²) in [5.74, 6) is -1.27. The van der Waals surface area contributed by atoms with Crippen LogP contribution in [0.3, 0.4) is 0 Å². The Labute approximate surface area is 206 Å². The molecule has 4 nitrogen and oxygen atoms in total. The average Bonchev–Trinajstić information content (AvgIpc) is 3.44. The normalized spacial score (nSPS) is 16.8. The predicted octanol–water partition coefficient (Wildman–Crippen LogP) is 7.14. The Hall–Kier alpha value is -3.45. The van der Waals surface area contributed by atoms with Crippen LogP contribution in [0.4, 0.5) is 19.3 Å². The van der Waals surface area contributed by atoms with Crippen LogP contribution in [0.1, 0.15) is 51.7 Å². The molecule has 1 aliphatic heterocycles. The molecule has 3 heterocycles. The highest BCUT2D eigenvalue weighted by molar-refractivity contribution is 7.15. The molecule has 0 unspecified atom stereocenters. The summed E-state index contributed by atoms with van der Waals surface area (Å²) >= 11 is 1.82. The first-order valence-electron chi connectivity index (χ1n) is 11.9. The molecule has 2 amide bonds. The van der Waals surface area contributed by atoms with Crippen molar-refractivity contribution in [2.75, 3.05) is 5.32 Å². The van der Waals surface area contributed by atoms with Gasteiger partial charge in [-0.05, 0) is 68.0 Å². The van der Waals surface area contributed by atoms with Crippen LogP contribution < -0.4 is 5.32 Å². The monoisotopic (exact) mass is 489 g/mol. The van der Waals surface area contributed by atoms with E-state index in [0.29, 0.717) is 6.54 Å². The van der Waals surface area contributed by atoms with Gasteiger partial charge in [0.1, 0.15) is 16.6 Å². The number of carbonyl (C=O) groups is 1. The number of benzene rings is 2. The number of carbonyl (C=O) groups excluding carboxylic acids is 1. The summed E-state index contributed by atoms with van der Waals surface area (Å²) in [5.41, 5.74) is 5.41. The van der Waals surface area contributed by atoms with Gasteiger partial charge in [-0.3, -0.25) is 0 Å². The standard InChI is InChI=1S/C28H25F2N3OS/c1-17-8-10-18(11-9-17)26-24-6-4-14-32(24)27-21(20-5-2-3-7-25(20)35-27)16-33(26)28(34)31-23-15-19(29)12-13-22(23)30/h4,6,8-15,26H,2-3,5,7,16H2,1H3,(H,31,34)/t26-/m0/s1. The predicted molar refractivity (Wildman–Crippen MR) is 134 cm³/mol. The smallest absolute Gasteiger partial charge is 0.310 e. The summed E-state index contributed by atoms with van der Waals surface area (Å²) in [6.07, 6.45) is 6.44. The van der Waals surface area contributed by atoms with E-state index in [1.54, 1.807) is 4.90 Å². The van der Waals surface area contributed by atoms with Gasteiger partial charge in [-0.15, -0.1) is 11.3 Å². The molecule has 2 aromatic heterocycles. The van der Waals surface area contributed by atoms with Gasteiger partial charge >= 0.3 is 6.03 Å². The molecule has 2 aliphatic rings. The molecule has 1 N–H and O–H groups in total. The molecular weight excluding hydrogens is 464 g/mol. The van der Waals surface area contributed by atoms with Crippen molar-refractivity contribution in [3.63, 3.8) is 0 Å². The van der Waals surface area contributed by atoms with Gasteiger partial charge in [0.05, 0.1) is 24.0 Å². The van der Waals surface area contributed by atoms with Crippen molar-refractivity contribution in [1.82, 2.24) is 9.47 Å². The third-order valence-corrected chi connectivity index (χ3v) is 8.34. The number of fused-ring (bicyclic) bond motifs is 5. The summed E-state index contributed by atoms with van der Waals surface area (Å²) in [6.45, 7) is 2.42. The molecule has 2 aromatic carbocycles. The first kappa shape index (κ1) is 22.0. The Bertz CT molecular complexity index is 1420. The zero-order valence-corrected chi connectivity index (χ0v) is 20.2. The summed E-state index contributed by atoms with van der Waals surface area (Å²) in [6, 6.07) is 14.4. The van der Waals surface area contributed by atoms with E-state index in [2.05, 4.69) is 16.1 Å². The third kappa shape index (κ3) is 3.84. The number of rotatable bonds is 2. The number of nitrogens with one attached hydrogen (secondary N) is 1. The van der Waals surface area contributed by atoms with Gasteiger partial charge in [-0.25, -0.2) is 13.6 Å². The number of aryl methyl sites for hydroxylation is 2. The summed E-state index contributed by atoms with van der Waals surface area (Å²) in [4.78, 5) is 16.9. The molecule has 4 aromatic rings. The first-order chi connectivity index (χ1) is 17.0. The number of urea groups is 1. The summed E-state index contributed by atoms with van der Waals surface area (Å²) < 4.78 is 30.5. The van der Waals surface area contributed by atoms with Crippen molar-refractivity contribution in [1.29, 1.82) is 0 Å². The Balaban J connectivity index is 1.50. The van der Waals surface area contributed by atoms with E-state index < -0.39 is 17.7 Å². The van der Waals surface area contributed by atoms with Crippen molar-refractivity contribution < 1.29 is 13.6 Å². The SMILES string of the molecule is Cc1ccc([C@H]2c3cccn3-c3sc4c(c3CN2C(=O)Nc2cc(F)ccc2F)CCCC4)cc1. The molecule has 178 valence electrons. The van der Waals surface area contributed by atoms with Crippen LogP contribution in [0.15, 0.2) is 60.8 Å². The van der Waals surface area contributed by atoms with Crippen molar-refractivity contribution >= 4 is 23.1 Å². The van der Waals surface area contributed by atoms with Crippen LogP contribution >= 0.6 is 11.3 Å². The molecule has 0 fully saturated rings. The number of anilines is 1. The van der Waals surface area contributed by atoms with E-state index in [1.807, 2.05) is 54.7 Å². The van der Waals surface area contributed by atoms with Crippen molar-refractivity contribution in [2.24, 2.45) is 0 Å². The lowest BCUT2D eigenvalue weighted by Crippen LogP contribution is -2.38. The highest BCUT2D eigenvalue weighted by Crippen LogP contribution is 2.44. The van der Waals surface area contributed by atoms with Gasteiger partial charge in [0, 0.05) is 22.7 Å². The zero-order valence-electron chi connectivity index (χ0n) is 19.4. The number of aromatic nitrogens is 1. The van der Waals surface area contributed by atoms with Crippen LogP contribution in [0.25, 0.3) is 5.00 Å². The van der Waals surface area contributed by atoms with Crippen molar-refractivity contribution in [2.45, 2.75) is 45.2 Å². The average molecular weight is 490 g/mol. The van der Waals surface area contributed by atoms with E-state index in [9.17, 15) is 13.6 Å². The zero-order chi connectivity index (χ0) is 24.1. The second-order valence-corrected chi connectivity index (χ2v) is 10.4. The van der Waals surface area contributed by atoms with Crippen LogP contribution in [0.2, 0.25) is 0 Å². The number of hydrogen-bond acceptors (Lipinski definition) is 2. The maximum absolute atomic E-state index is 14.4. The Morgan fingerprint density at radius 1 is 1.03 bits per heavy atom. The largest absolute Gasteiger partial charge is 0.323 e. The molecule has 7 heteroatoms. The lowest BCUT2D eigenvalue weighted by molar-refractivity contribution is 0.194. The van der Waals surface area contributed by atoms with Gasteiger partial charge < -0.3 is 14.8 Å². The molecule has 6 rings (SSSR count). The minimum absolute atomic E-state index is 0.162. The Morgan fingerprint density at radius 2 is 1.83 bits per heavy atom. The van der Waals surface area contributed by atoms with Gasteiger partial charge in [0.25, 0.3) is 0 Å². The van der Waals surface area contributed by atoms with Crippen molar-refractivity contribution in [3.8, 4) is 5.00 Å².